The molecule has 1 heterocycles. The van der Waals surface area contributed by atoms with Gasteiger partial charge in [0.05, 0.1) is 19.9 Å². The lowest BCUT2D eigenvalue weighted by molar-refractivity contribution is 0.0689. The number of aryl methyl sites for hydroxylation is 1. The second-order valence-electron chi connectivity index (χ2n) is 3.94. The van der Waals surface area contributed by atoms with Gasteiger partial charge in [-0.3, -0.25) is 4.68 Å². The summed E-state index contributed by atoms with van der Waals surface area (Å²) in [5, 5.41) is 12.9. The van der Waals surface area contributed by atoms with Crippen LogP contribution in [0.3, 0.4) is 0 Å². The topological polar surface area (TPSA) is 73.6 Å². The van der Waals surface area contributed by atoms with Crippen molar-refractivity contribution in [3.8, 4) is 22.8 Å². The lowest BCUT2D eigenvalue weighted by Crippen LogP contribution is -1.99. The molecule has 0 fully saturated rings. The number of methoxy groups -OCH3 is 2. The first-order valence-electron chi connectivity index (χ1n) is 5.56. The average Bonchev–Trinajstić information content (AvgIpc) is 2.80. The van der Waals surface area contributed by atoms with Gasteiger partial charge in [0.15, 0.2) is 5.69 Å². The van der Waals surface area contributed by atoms with Gasteiger partial charge in [0.1, 0.15) is 11.5 Å². The molecule has 0 atom stereocenters. The number of carboxylic acid groups (broad SMARTS) is 1. The summed E-state index contributed by atoms with van der Waals surface area (Å²) in [6, 6.07) is 6.85. The van der Waals surface area contributed by atoms with Crippen molar-refractivity contribution in [2.45, 2.75) is 0 Å². The lowest BCUT2D eigenvalue weighted by Gasteiger charge is -2.08. The molecule has 1 aromatic carbocycles. The number of nitrogens with zero attached hydrogens (tertiary/aromatic N) is 2. The summed E-state index contributed by atoms with van der Waals surface area (Å²) >= 11 is 0. The highest BCUT2D eigenvalue weighted by atomic mass is 16.5. The molecular weight excluding hydrogens is 248 g/mol. The quantitative estimate of drug-likeness (QED) is 0.909. The third-order valence-electron chi connectivity index (χ3n) is 2.75. The molecule has 0 saturated heterocycles. The van der Waals surface area contributed by atoms with E-state index in [4.69, 9.17) is 14.6 Å². The van der Waals surface area contributed by atoms with Gasteiger partial charge in [0.2, 0.25) is 0 Å². The Hall–Kier alpha value is -2.50. The van der Waals surface area contributed by atoms with Crippen molar-refractivity contribution in [3.05, 3.63) is 30.0 Å². The van der Waals surface area contributed by atoms with E-state index in [0.29, 0.717) is 17.2 Å². The number of hydrogen-bond donors (Lipinski definition) is 1. The summed E-state index contributed by atoms with van der Waals surface area (Å²) < 4.78 is 11.9. The maximum absolute atomic E-state index is 10.9. The van der Waals surface area contributed by atoms with Crippen molar-refractivity contribution in [2.75, 3.05) is 14.2 Å². The normalized spacial score (nSPS) is 10.3. The number of carbonyl (C=O) groups is 1. The SMILES string of the molecule is COc1cc(OC)cc(-c2cc(C(=O)O)nn2C)c1. The van der Waals surface area contributed by atoms with Crippen molar-refractivity contribution in [1.82, 2.24) is 9.78 Å². The predicted octanol–water partition coefficient (Wildman–Crippen LogP) is 1.80. The minimum atomic E-state index is -1.06. The van der Waals surface area contributed by atoms with Gasteiger partial charge in [0.25, 0.3) is 0 Å². The molecule has 0 amide bonds. The van der Waals surface area contributed by atoms with E-state index in [1.165, 1.54) is 10.7 Å². The second kappa shape index (κ2) is 5.01. The van der Waals surface area contributed by atoms with Crippen LogP contribution in [0.25, 0.3) is 11.3 Å². The summed E-state index contributed by atoms with van der Waals surface area (Å²) in [7, 11) is 4.81. The molecule has 6 nitrogen and oxygen atoms in total. The number of aromatic carboxylic acids is 1. The molecular formula is C13H14N2O4. The van der Waals surface area contributed by atoms with Gasteiger partial charge in [0, 0.05) is 18.7 Å². The first kappa shape index (κ1) is 12.9. The fraction of sp³-hybridized carbons (Fsp3) is 0.231. The zero-order valence-electron chi connectivity index (χ0n) is 10.9. The van der Waals surface area contributed by atoms with Gasteiger partial charge in [-0.1, -0.05) is 0 Å². The zero-order valence-corrected chi connectivity index (χ0v) is 10.9. The fourth-order valence-corrected chi connectivity index (χ4v) is 1.80. The summed E-state index contributed by atoms with van der Waals surface area (Å²) in [4.78, 5) is 10.9. The van der Waals surface area contributed by atoms with E-state index < -0.39 is 5.97 Å². The van der Waals surface area contributed by atoms with Crippen molar-refractivity contribution in [2.24, 2.45) is 7.05 Å². The van der Waals surface area contributed by atoms with Crippen molar-refractivity contribution >= 4 is 5.97 Å². The molecule has 0 aliphatic rings. The minimum absolute atomic E-state index is 0.000660. The van der Waals surface area contributed by atoms with E-state index in [1.54, 1.807) is 39.5 Å². The van der Waals surface area contributed by atoms with Crippen LogP contribution < -0.4 is 9.47 Å². The fourth-order valence-electron chi connectivity index (χ4n) is 1.80. The average molecular weight is 262 g/mol. The van der Waals surface area contributed by atoms with E-state index >= 15 is 0 Å². The zero-order chi connectivity index (χ0) is 14.0. The van der Waals surface area contributed by atoms with Crippen LogP contribution in [0, 0.1) is 0 Å². The third kappa shape index (κ3) is 2.52. The maximum Gasteiger partial charge on any atom is 0.356 e. The molecule has 0 radical (unpaired) electrons. The van der Waals surface area contributed by atoms with Gasteiger partial charge < -0.3 is 14.6 Å². The molecule has 0 spiro atoms. The Morgan fingerprint density at radius 3 is 2.16 bits per heavy atom. The predicted molar refractivity (Wildman–Crippen MR) is 68.7 cm³/mol. The summed E-state index contributed by atoms with van der Waals surface area (Å²) in [6.07, 6.45) is 0. The van der Waals surface area contributed by atoms with Crippen LogP contribution in [0.2, 0.25) is 0 Å². The molecule has 0 aliphatic heterocycles. The Kier molecular flexibility index (Phi) is 3.41. The molecule has 1 aromatic heterocycles. The molecule has 19 heavy (non-hydrogen) atoms. The van der Waals surface area contributed by atoms with Gasteiger partial charge in [-0.05, 0) is 18.2 Å². The van der Waals surface area contributed by atoms with E-state index in [9.17, 15) is 4.79 Å². The summed E-state index contributed by atoms with van der Waals surface area (Å²) in [6.45, 7) is 0. The van der Waals surface area contributed by atoms with E-state index in [0.717, 1.165) is 5.56 Å². The molecule has 2 aromatic rings. The third-order valence-corrected chi connectivity index (χ3v) is 2.75. The van der Waals surface area contributed by atoms with Crippen LogP contribution in [0.1, 0.15) is 10.5 Å². The van der Waals surface area contributed by atoms with Crippen molar-refractivity contribution < 1.29 is 19.4 Å². The number of ether oxygens (including phenoxy) is 2. The molecule has 1 N–H and O–H groups in total. The van der Waals surface area contributed by atoms with Gasteiger partial charge in [-0.25, -0.2) is 4.79 Å². The molecule has 0 saturated carbocycles. The van der Waals surface area contributed by atoms with Crippen molar-refractivity contribution in [3.63, 3.8) is 0 Å². The number of hydrogen-bond acceptors (Lipinski definition) is 4. The summed E-state index contributed by atoms with van der Waals surface area (Å²) in [5.74, 6) is 0.205. The Labute approximate surface area is 110 Å². The standard InChI is InChI=1S/C13H14N2O4/c1-15-12(7-11(14-15)13(16)17)8-4-9(18-2)6-10(5-8)19-3/h4-7H,1-3H3,(H,16,17). The Morgan fingerprint density at radius 2 is 1.74 bits per heavy atom. The molecule has 100 valence electrons. The van der Waals surface area contributed by atoms with Crippen LogP contribution in [-0.4, -0.2) is 35.1 Å². The largest absolute Gasteiger partial charge is 0.497 e. The number of benzene rings is 1. The van der Waals surface area contributed by atoms with Gasteiger partial charge >= 0.3 is 5.97 Å². The van der Waals surface area contributed by atoms with Gasteiger partial charge in [-0.2, -0.15) is 5.10 Å². The number of carboxylic acids is 1. The first-order valence-corrected chi connectivity index (χ1v) is 5.56. The minimum Gasteiger partial charge on any atom is -0.497 e. The van der Waals surface area contributed by atoms with Crippen molar-refractivity contribution in [1.29, 1.82) is 0 Å². The highest BCUT2D eigenvalue weighted by Gasteiger charge is 2.14. The van der Waals surface area contributed by atoms with Crippen LogP contribution in [0.4, 0.5) is 0 Å². The number of aromatic nitrogens is 2. The van der Waals surface area contributed by atoms with Crippen LogP contribution in [0.5, 0.6) is 11.5 Å². The molecule has 0 aliphatic carbocycles. The number of rotatable bonds is 4. The monoisotopic (exact) mass is 262 g/mol. The second-order valence-corrected chi connectivity index (χ2v) is 3.94. The van der Waals surface area contributed by atoms with E-state index in [1.807, 2.05) is 0 Å². The molecule has 2 rings (SSSR count). The molecule has 0 bridgehead atoms. The van der Waals surface area contributed by atoms with Crippen LogP contribution >= 0.6 is 0 Å². The Balaban J connectivity index is 2.54. The van der Waals surface area contributed by atoms with Crippen LogP contribution in [-0.2, 0) is 7.05 Å². The Morgan fingerprint density at radius 1 is 1.16 bits per heavy atom. The summed E-state index contributed by atoms with van der Waals surface area (Å²) in [5.41, 5.74) is 1.45. The van der Waals surface area contributed by atoms with Crippen LogP contribution in [0.15, 0.2) is 24.3 Å². The molecule has 0 unspecified atom stereocenters. The Bertz CT molecular complexity index is 597. The highest BCUT2D eigenvalue weighted by Crippen LogP contribution is 2.29. The van der Waals surface area contributed by atoms with E-state index in [-0.39, 0.29) is 5.69 Å². The lowest BCUT2D eigenvalue weighted by atomic mass is 10.1. The highest BCUT2D eigenvalue weighted by molar-refractivity contribution is 5.87. The first-order chi connectivity index (χ1) is 9.05. The van der Waals surface area contributed by atoms with Gasteiger partial charge in [-0.15, -0.1) is 0 Å². The maximum atomic E-state index is 10.9. The molecule has 6 heteroatoms. The smallest absolute Gasteiger partial charge is 0.356 e. The van der Waals surface area contributed by atoms with E-state index in [2.05, 4.69) is 5.10 Å².